The van der Waals surface area contributed by atoms with Crippen molar-refractivity contribution in [3.63, 3.8) is 0 Å². The number of alkyl halides is 1. The molecule has 17 heavy (non-hydrogen) atoms. The Balaban J connectivity index is 4.80. The summed E-state index contributed by atoms with van der Waals surface area (Å²) in [6.07, 6.45) is 6.60. The molecule has 0 radical (unpaired) electrons. The fourth-order valence-corrected chi connectivity index (χ4v) is 1.76. The molecule has 1 heteroatoms. The van der Waals surface area contributed by atoms with Gasteiger partial charge in [0.2, 0.25) is 0 Å². The number of rotatable bonds is 7. The first kappa shape index (κ1) is 16.5. The zero-order chi connectivity index (χ0) is 13.4. The number of allylic oxidation sites excluding steroid dienone is 5. The molecule has 0 N–H and O–H groups in total. The van der Waals surface area contributed by atoms with Crippen LogP contribution >= 0.6 is 11.6 Å². The third-order valence-corrected chi connectivity index (χ3v) is 3.75. The monoisotopic (exact) mass is 254 g/mol. The Bertz CT molecular complexity index is 291. The van der Waals surface area contributed by atoms with Crippen LogP contribution < -0.4 is 0 Å². The molecule has 0 saturated carbocycles. The van der Waals surface area contributed by atoms with Gasteiger partial charge in [0.15, 0.2) is 0 Å². The molecule has 0 aromatic rings. The lowest BCUT2D eigenvalue weighted by Gasteiger charge is -2.14. The van der Waals surface area contributed by atoms with Gasteiger partial charge in [-0.3, -0.25) is 0 Å². The first-order valence-electron chi connectivity index (χ1n) is 6.51. The fraction of sp³-hybridized carbons (Fsp3) is 0.625. The summed E-state index contributed by atoms with van der Waals surface area (Å²) >= 11 is 5.96. The zero-order valence-electron chi connectivity index (χ0n) is 12.0. The van der Waals surface area contributed by atoms with Crippen LogP contribution in [0.1, 0.15) is 47.5 Å². The van der Waals surface area contributed by atoms with Gasteiger partial charge in [-0.25, -0.2) is 0 Å². The van der Waals surface area contributed by atoms with Crippen LogP contribution in [0.25, 0.3) is 0 Å². The molecule has 0 bridgehead atoms. The Labute approximate surface area is 112 Å². The van der Waals surface area contributed by atoms with E-state index >= 15 is 0 Å². The molecule has 0 saturated heterocycles. The average molecular weight is 255 g/mol. The van der Waals surface area contributed by atoms with E-state index in [9.17, 15) is 0 Å². The molecule has 0 aliphatic rings. The van der Waals surface area contributed by atoms with Gasteiger partial charge in [-0.05, 0) is 37.7 Å². The summed E-state index contributed by atoms with van der Waals surface area (Å²) in [6.45, 7) is 14.9. The van der Waals surface area contributed by atoms with Crippen molar-refractivity contribution in [2.45, 2.75) is 47.5 Å². The SMILES string of the molecule is C=C(C)/C(=C\C=C(/C)C(C)C)CC(CC)CCl. The summed E-state index contributed by atoms with van der Waals surface area (Å²) in [6, 6.07) is 0. The van der Waals surface area contributed by atoms with Crippen molar-refractivity contribution in [3.8, 4) is 0 Å². The van der Waals surface area contributed by atoms with E-state index in [0.29, 0.717) is 11.8 Å². The maximum atomic E-state index is 5.96. The van der Waals surface area contributed by atoms with E-state index in [0.717, 1.165) is 24.3 Å². The maximum absolute atomic E-state index is 5.96. The number of halogens is 1. The molecule has 0 spiro atoms. The fourth-order valence-electron chi connectivity index (χ4n) is 1.43. The molecule has 98 valence electrons. The van der Waals surface area contributed by atoms with Crippen LogP contribution in [0.2, 0.25) is 0 Å². The first-order chi connectivity index (χ1) is 7.92. The van der Waals surface area contributed by atoms with E-state index in [4.69, 9.17) is 11.6 Å². The molecule has 0 aliphatic heterocycles. The van der Waals surface area contributed by atoms with Gasteiger partial charge >= 0.3 is 0 Å². The molecular formula is C16H27Cl. The topological polar surface area (TPSA) is 0 Å². The number of hydrogen-bond donors (Lipinski definition) is 0. The van der Waals surface area contributed by atoms with Crippen LogP contribution in [-0.2, 0) is 0 Å². The van der Waals surface area contributed by atoms with Gasteiger partial charge in [0, 0.05) is 5.88 Å². The predicted molar refractivity (Wildman–Crippen MR) is 80.6 cm³/mol. The first-order valence-corrected chi connectivity index (χ1v) is 7.04. The third kappa shape index (κ3) is 6.73. The van der Waals surface area contributed by atoms with E-state index in [1.165, 1.54) is 11.1 Å². The van der Waals surface area contributed by atoms with Gasteiger partial charge < -0.3 is 0 Å². The minimum Gasteiger partial charge on any atom is -0.126 e. The standard InChI is InChI=1S/C16H27Cl/c1-7-15(11-17)10-16(13(4)5)9-8-14(6)12(2)3/h8-9,12,15H,4,7,10-11H2,1-3,5-6H3/b14-8+,16-9-. The average Bonchev–Trinajstić information content (AvgIpc) is 2.28. The van der Waals surface area contributed by atoms with E-state index in [2.05, 4.69) is 53.3 Å². The van der Waals surface area contributed by atoms with Gasteiger partial charge in [-0.1, -0.05) is 57.1 Å². The molecular weight excluding hydrogens is 228 g/mol. The molecule has 0 rings (SSSR count). The van der Waals surface area contributed by atoms with Crippen LogP contribution in [0.3, 0.4) is 0 Å². The van der Waals surface area contributed by atoms with Gasteiger partial charge in [0.05, 0.1) is 0 Å². The van der Waals surface area contributed by atoms with Crippen molar-refractivity contribution >= 4 is 11.6 Å². The van der Waals surface area contributed by atoms with Crippen molar-refractivity contribution in [1.29, 1.82) is 0 Å². The van der Waals surface area contributed by atoms with Crippen LogP contribution in [0.15, 0.2) is 35.5 Å². The highest BCUT2D eigenvalue weighted by Crippen LogP contribution is 2.22. The lowest BCUT2D eigenvalue weighted by atomic mass is 9.94. The lowest BCUT2D eigenvalue weighted by molar-refractivity contribution is 0.566. The quantitative estimate of drug-likeness (QED) is 0.401. The van der Waals surface area contributed by atoms with Crippen molar-refractivity contribution in [2.75, 3.05) is 5.88 Å². The summed E-state index contributed by atoms with van der Waals surface area (Å²) in [4.78, 5) is 0. The van der Waals surface area contributed by atoms with Crippen molar-refractivity contribution < 1.29 is 0 Å². The van der Waals surface area contributed by atoms with Crippen LogP contribution in [-0.4, -0.2) is 5.88 Å². The molecule has 1 atom stereocenters. The van der Waals surface area contributed by atoms with E-state index < -0.39 is 0 Å². The molecule has 1 unspecified atom stereocenters. The predicted octanol–water partition coefficient (Wildman–Crippen LogP) is 5.75. The molecule has 0 aromatic heterocycles. The summed E-state index contributed by atoms with van der Waals surface area (Å²) < 4.78 is 0. The Kier molecular flexibility index (Phi) is 8.33. The van der Waals surface area contributed by atoms with Crippen LogP contribution in [0.4, 0.5) is 0 Å². The molecule has 0 aliphatic carbocycles. The summed E-state index contributed by atoms with van der Waals surface area (Å²) in [5.74, 6) is 1.90. The van der Waals surface area contributed by atoms with Gasteiger partial charge in [0.1, 0.15) is 0 Å². The van der Waals surface area contributed by atoms with Crippen LogP contribution in [0.5, 0.6) is 0 Å². The third-order valence-electron chi connectivity index (χ3n) is 3.31. The van der Waals surface area contributed by atoms with Crippen molar-refractivity contribution in [1.82, 2.24) is 0 Å². The normalized spacial score (nSPS) is 15.2. The van der Waals surface area contributed by atoms with E-state index in [1.54, 1.807) is 0 Å². The lowest BCUT2D eigenvalue weighted by Crippen LogP contribution is -2.02. The Morgan fingerprint density at radius 3 is 2.18 bits per heavy atom. The minimum absolute atomic E-state index is 0.562. The number of hydrogen-bond acceptors (Lipinski definition) is 0. The zero-order valence-corrected chi connectivity index (χ0v) is 12.8. The minimum atomic E-state index is 0.562. The molecule has 0 aromatic carbocycles. The van der Waals surface area contributed by atoms with Crippen LogP contribution in [0, 0.1) is 11.8 Å². The smallest absolute Gasteiger partial charge is 0.0254 e. The largest absolute Gasteiger partial charge is 0.126 e. The van der Waals surface area contributed by atoms with Gasteiger partial charge in [0.25, 0.3) is 0 Å². The molecule has 0 nitrogen and oxygen atoms in total. The van der Waals surface area contributed by atoms with Crippen molar-refractivity contribution in [2.24, 2.45) is 11.8 Å². The second-order valence-corrected chi connectivity index (χ2v) is 5.48. The maximum Gasteiger partial charge on any atom is 0.0254 e. The highest BCUT2D eigenvalue weighted by atomic mass is 35.5. The molecule has 0 heterocycles. The summed E-state index contributed by atoms with van der Waals surface area (Å²) in [5, 5.41) is 0. The Morgan fingerprint density at radius 2 is 1.82 bits per heavy atom. The summed E-state index contributed by atoms with van der Waals surface area (Å²) in [7, 11) is 0. The Hall–Kier alpha value is -0.490. The van der Waals surface area contributed by atoms with Gasteiger partial charge in [-0.15, -0.1) is 11.6 Å². The highest BCUT2D eigenvalue weighted by molar-refractivity contribution is 6.18. The highest BCUT2D eigenvalue weighted by Gasteiger charge is 2.08. The van der Waals surface area contributed by atoms with E-state index in [-0.39, 0.29) is 0 Å². The van der Waals surface area contributed by atoms with E-state index in [1.807, 2.05) is 0 Å². The molecule has 0 fully saturated rings. The van der Waals surface area contributed by atoms with Gasteiger partial charge in [-0.2, -0.15) is 0 Å². The second kappa shape index (κ2) is 8.58. The molecule has 0 amide bonds. The summed E-state index contributed by atoms with van der Waals surface area (Å²) in [5.41, 5.74) is 3.89. The second-order valence-electron chi connectivity index (χ2n) is 5.17. The van der Waals surface area contributed by atoms with Crippen molar-refractivity contribution in [3.05, 3.63) is 35.5 Å². The Morgan fingerprint density at radius 1 is 1.24 bits per heavy atom.